The van der Waals surface area contributed by atoms with Crippen LogP contribution in [0.2, 0.25) is 0 Å². The molecule has 2 aliphatic rings. The Hall–Kier alpha value is -3.13. The summed E-state index contributed by atoms with van der Waals surface area (Å²) in [5.41, 5.74) is 2.29. The Kier molecular flexibility index (Phi) is 6.66. The highest BCUT2D eigenvalue weighted by atomic mass is 16.6. The van der Waals surface area contributed by atoms with E-state index in [0.29, 0.717) is 31.2 Å². The number of aromatic nitrogens is 1. The highest BCUT2D eigenvalue weighted by Crippen LogP contribution is 2.33. The van der Waals surface area contributed by atoms with Gasteiger partial charge < -0.3 is 19.7 Å². The van der Waals surface area contributed by atoms with Gasteiger partial charge in [-0.1, -0.05) is 24.3 Å². The number of hydrogen-bond donors (Lipinski definition) is 1. The van der Waals surface area contributed by atoms with Crippen molar-refractivity contribution in [2.75, 3.05) is 39.3 Å². The third kappa shape index (κ3) is 5.52. The fourth-order valence-corrected chi connectivity index (χ4v) is 3.83. The second-order valence-corrected chi connectivity index (χ2v) is 7.86. The zero-order valence-electron chi connectivity index (χ0n) is 17.8. The van der Waals surface area contributed by atoms with E-state index in [-0.39, 0.29) is 17.9 Å². The number of amides is 2. The number of hydrogen-bond acceptors (Lipinski definition) is 6. The summed E-state index contributed by atoms with van der Waals surface area (Å²) in [6.07, 6.45) is 1.89. The SMILES string of the molecule is CC(=O)NCCC(=O)N1CCN(Cc2ccc(C3COc4cccnc4O3)cc2)CC1. The Labute approximate surface area is 182 Å². The van der Waals surface area contributed by atoms with Gasteiger partial charge in [-0.25, -0.2) is 4.98 Å². The maximum absolute atomic E-state index is 12.2. The van der Waals surface area contributed by atoms with E-state index < -0.39 is 0 Å². The average Bonchev–Trinajstić information content (AvgIpc) is 2.79. The molecule has 2 amide bonds. The molecule has 1 unspecified atom stereocenters. The summed E-state index contributed by atoms with van der Waals surface area (Å²) in [4.78, 5) is 31.6. The molecule has 4 rings (SSSR count). The molecule has 1 N–H and O–H groups in total. The minimum absolute atomic E-state index is 0.100. The third-order valence-corrected chi connectivity index (χ3v) is 5.58. The molecule has 0 bridgehead atoms. The largest absolute Gasteiger partial charge is 0.484 e. The van der Waals surface area contributed by atoms with Crippen LogP contribution in [0.5, 0.6) is 11.6 Å². The molecule has 1 atom stereocenters. The van der Waals surface area contributed by atoms with Crippen molar-refractivity contribution in [2.45, 2.75) is 26.0 Å². The summed E-state index contributed by atoms with van der Waals surface area (Å²) in [5.74, 6) is 1.21. The summed E-state index contributed by atoms with van der Waals surface area (Å²) in [7, 11) is 0. The molecule has 164 valence electrons. The smallest absolute Gasteiger partial charge is 0.257 e. The first-order valence-corrected chi connectivity index (χ1v) is 10.7. The van der Waals surface area contributed by atoms with Gasteiger partial charge in [0, 0.05) is 58.8 Å². The number of benzene rings is 1. The highest BCUT2D eigenvalue weighted by Gasteiger charge is 2.24. The van der Waals surface area contributed by atoms with Gasteiger partial charge in [0.05, 0.1) is 0 Å². The fraction of sp³-hybridized carbons (Fsp3) is 0.435. The first kappa shape index (κ1) is 21.1. The molecule has 0 spiro atoms. The standard InChI is InChI=1S/C23H28N4O4/c1-17(28)24-10-8-22(29)27-13-11-26(12-14-27)15-18-4-6-19(7-5-18)21-16-30-20-3-2-9-25-23(20)31-21/h2-7,9,21H,8,10-16H2,1H3,(H,24,28). The number of piperazine rings is 1. The molecule has 1 fully saturated rings. The van der Waals surface area contributed by atoms with Gasteiger partial charge in [-0.3, -0.25) is 14.5 Å². The molecule has 1 aromatic heterocycles. The number of fused-ring (bicyclic) bond motifs is 1. The van der Waals surface area contributed by atoms with E-state index in [9.17, 15) is 9.59 Å². The van der Waals surface area contributed by atoms with E-state index in [2.05, 4.69) is 39.5 Å². The molecular formula is C23H28N4O4. The Morgan fingerprint density at radius 3 is 2.65 bits per heavy atom. The lowest BCUT2D eigenvalue weighted by molar-refractivity contribution is -0.133. The van der Waals surface area contributed by atoms with Crippen molar-refractivity contribution in [3.05, 3.63) is 53.7 Å². The van der Waals surface area contributed by atoms with Crippen LogP contribution in [0.3, 0.4) is 0 Å². The average molecular weight is 425 g/mol. The van der Waals surface area contributed by atoms with Crippen LogP contribution in [0.25, 0.3) is 0 Å². The van der Waals surface area contributed by atoms with E-state index in [4.69, 9.17) is 9.47 Å². The molecule has 8 heteroatoms. The van der Waals surface area contributed by atoms with Crippen LogP contribution in [-0.2, 0) is 16.1 Å². The molecule has 2 aliphatic heterocycles. The molecular weight excluding hydrogens is 396 g/mol. The van der Waals surface area contributed by atoms with Crippen molar-refractivity contribution in [3.63, 3.8) is 0 Å². The quantitative estimate of drug-likeness (QED) is 0.761. The molecule has 31 heavy (non-hydrogen) atoms. The van der Waals surface area contributed by atoms with Crippen LogP contribution in [0, 0.1) is 0 Å². The Morgan fingerprint density at radius 2 is 1.90 bits per heavy atom. The second-order valence-electron chi connectivity index (χ2n) is 7.86. The normalized spacial score (nSPS) is 18.5. The zero-order chi connectivity index (χ0) is 21.6. The van der Waals surface area contributed by atoms with Gasteiger partial charge in [0.2, 0.25) is 11.8 Å². The maximum atomic E-state index is 12.2. The minimum atomic E-state index is -0.163. The van der Waals surface area contributed by atoms with Crippen molar-refractivity contribution in [1.29, 1.82) is 0 Å². The molecule has 0 aliphatic carbocycles. The van der Waals surface area contributed by atoms with Gasteiger partial charge in [-0.05, 0) is 23.3 Å². The topological polar surface area (TPSA) is 84.0 Å². The number of nitrogens with one attached hydrogen (secondary N) is 1. The van der Waals surface area contributed by atoms with Gasteiger partial charge in [-0.15, -0.1) is 0 Å². The van der Waals surface area contributed by atoms with Gasteiger partial charge in [0.15, 0.2) is 11.9 Å². The lowest BCUT2D eigenvalue weighted by Gasteiger charge is -2.35. The zero-order valence-corrected chi connectivity index (χ0v) is 17.8. The predicted molar refractivity (Wildman–Crippen MR) is 115 cm³/mol. The van der Waals surface area contributed by atoms with E-state index in [0.717, 1.165) is 38.3 Å². The van der Waals surface area contributed by atoms with Crippen molar-refractivity contribution >= 4 is 11.8 Å². The van der Waals surface area contributed by atoms with Crippen molar-refractivity contribution in [1.82, 2.24) is 20.1 Å². The number of nitrogens with zero attached hydrogens (tertiary/aromatic N) is 3. The van der Waals surface area contributed by atoms with Crippen molar-refractivity contribution < 1.29 is 19.1 Å². The Balaban J connectivity index is 1.24. The van der Waals surface area contributed by atoms with Gasteiger partial charge in [-0.2, -0.15) is 0 Å². The molecule has 1 aromatic carbocycles. The Morgan fingerprint density at radius 1 is 1.13 bits per heavy atom. The van der Waals surface area contributed by atoms with E-state index in [1.807, 2.05) is 17.0 Å². The van der Waals surface area contributed by atoms with Gasteiger partial charge in [0.25, 0.3) is 5.88 Å². The molecule has 1 saturated heterocycles. The van der Waals surface area contributed by atoms with Crippen LogP contribution in [-0.4, -0.2) is 65.9 Å². The highest BCUT2D eigenvalue weighted by molar-refractivity contribution is 5.78. The van der Waals surface area contributed by atoms with Gasteiger partial charge >= 0.3 is 0 Å². The second kappa shape index (κ2) is 9.78. The number of rotatable bonds is 6. The molecule has 0 saturated carbocycles. The summed E-state index contributed by atoms with van der Waals surface area (Å²) < 4.78 is 11.7. The van der Waals surface area contributed by atoms with Crippen LogP contribution in [0.4, 0.5) is 0 Å². The minimum Gasteiger partial charge on any atom is -0.484 e. The third-order valence-electron chi connectivity index (χ3n) is 5.58. The van der Waals surface area contributed by atoms with Crippen LogP contribution in [0.1, 0.15) is 30.6 Å². The summed E-state index contributed by atoms with van der Waals surface area (Å²) >= 11 is 0. The number of carbonyl (C=O) groups is 2. The van der Waals surface area contributed by atoms with E-state index in [1.54, 1.807) is 6.20 Å². The molecule has 0 radical (unpaired) electrons. The maximum Gasteiger partial charge on any atom is 0.257 e. The summed E-state index contributed by atoms with van der Waals surface area (Å²) in [5, 5.41) is 2.67. The number of carbonyl (C=O) groups excluding carboxylic acids is 2. The lowest BCUT2D eigenvalue weighted by atomic mass is 10.1. The van der Waals surface area contributed by atoms with Crippen LogP contribution >= 0.6 is 0 Å². The lowest BCUT2D eigenvalue weighted by Crippen LogP contribution is -2.48. The summed E-state index contributed by atoms with van der Waals surface area (Å²) in [6, 6.07) is 12.1. The van der Waals surface area contributed by atoms with E-state index >= 15 is 0 Å². The monoisotopic (exact) mass is 424 g/mol. The van der Waals surface area contributed by atoms with Crippen LogP contribution < -0.4 is 14.8 Å². The molecule has 8 nitrogen and oxygen atoms in total. The van der Waals surface area contributed by atoms with Crippen molar-refractivity contribution in [3.8, 4) is 11.6 Å². The van der Waals surface area contributed by atoms with Crippen LogP contribution in [0.15, 0.2) is 42.6 Å². The molecule has 2 aromatic rings. The predicted octanol–water partition coefficient (Wildman–Crippen LogP) is 1.76. The molecule has 3 heterocycles. The number of pyridine rings is 1. The fourth-order valence-electron chi connectivity index (χ4n) is 3.83. The van der Waals surface area contributed by atoms with E-state index in [1.165, 1.54) is 12.5 Å². The Bertz CT molecular complexity index is 910. The summed E-state index contributed by atoms with van der Waals surface area (Å²) in [6.45, 7) is 6.30. The van der Waals surface area contributed by atoms with Crippen molar-refractivity contribution in [2.24, 2.45) is 0 Å². The van der Waals surface area contributed by atoms with Gasteiger partial charge in [0.1, 0.15) is 6.61 Å². The number of ether oxygens (including phenoxy) is 2. The first-order chi connectivity index (χ1) is 15.1. The first-order valence-electron chi connectivity index (χ1n) is 10.7.